The van der Waals surface area contributed by atoms with Gasteiger partial charge in [0, 0.05) is 54.2 Å². The third kappa shape index (κ3) is 7.90. The number of fused-ring (bicyclic) bond motifs is 5. The summed E-state index contributed by atoms with van der Waals surface area (Å²) in [6.07, 6.45) is 2.42. The molecule has 3 aliphatic rings. The molecule has 15 nitrogen and oxygen atoms in total. The average Bonchev–Trinajstić information content (AvgIpc) is 4.10. The number of H-pyrrole nitrogens is 2. The highest BCUT2D eigenvalue weighted by atomic mass is 19.1. The maximum Gasteiger partial charge on any atom is 0.407 e. The number of nitrogens with zero attached hydrogens (tertiary/aromatic N) is 5. The molecule has 3 aliphatic heterocycles. The summed E-state index contributed by atoms with van der Waals surface area (Å²) in [7, 11) is 2.59. The second kappa shape index (κ2) is 16.8. The third-order valence-electron chi connectivity index (χ3n) is 12.3. The molecule has 2 aromatic carbocycles. The number of amides is 3. The average molecular weight is 842 g/mol. The van der Waals surface area contributed by atoms with Gasteiger partial charge in [0.2, 0.25) is 5.91 Å². The van der Waals surface area contributed by atoms with Crippen LogP contribution >= 0.6 is 0 Å². The first kappa shape index (κ1) is 41.8. The Morgan fingerprint density at radius 1 is 0.918 bits per heavy atom. The lowest BCUT2D eigenvalue weighted by molar-refractivity contribution is -0.135. The molecule has 6 unspecified atom stereocenters. The summed E-state index contributed by atoms with van der Waals surface area (Å²) in [6, 6.07) is 9.57. The number of hydrogen-bond donors (Lipinski definition) is 4. The van der Waals surface area contributed by atoms with Gasteiger partial charge >= 0.3 is 12.2 Å². The van der Waals surface area contributed by atoms with Crippen molar-refractivity contribution in [2.45, 2.75) is 90.4 Å². The van der Waals surface area contributed by atoms with Crippen LogP contribution < -0.4 is 15.4 Å². The van der Waals surface area contributed by atoms with Gasteiger partial charge < -0.3 is 44.3 Å². The quantitative estimate of drug-likeness (QED) is 0.104. The van der Waals surface area contributed by atoms with Gasteiger partial charge in [0.1, 0.15) is 29.6 Å². The van der Waals surface area contributed by atoms with Crippen LogP contribution in [0.3, 0.4) is 0 Å². The zero-order valence-electron chi connectivity index (χ0n) is 35.4. The zero-order valence-corrected chi connectivity index (χ0v) is 35.4. The van der Waals surface area contributed by atoms with E-state index in [-0.39, 0.29) is 54.7 Å². The first-order valence-electron chi connectivity index (χ1n) is 20.9. The minimum Gasteiger partial charge on any atom is -0.470 e. The van der Waals surface area contributed by atoms with E-state index in [9.17, 15) is 18.8 Å². The van der Waals surface area contributed by atoms with Crippen molar-refractivity contribution in [1.82, 2.24) is 44.9 Å². The summed E-state index contributed by atoms with van der Waals surface area (Å²) in [5, 5.41) is 5.97. The van der Waals surface area contributed by atoms with Crippen LogP contribution in [0.1, 0.15) is 83.8 Å². The van der Waals surface area contributed by atoms with E-state index in [2.05, 4.69) is 30.6 Å². The number of carbonyl (C=O) groups excluding carboxylic acids is 3. The minimum absolute atomic E-state index is 0.0868. The maximum absolute atomic E-state index is 16.7. The number of alkyl halides is 1. The molecule has 324 valence electrons. The molecule has 6 atom stereocenters. The molecule has 17 heteroatoms. The molecule has 8 rings (SSSR count). The Bertz CT molecular complexity index is 2440. The number of ether oxygens (including phenoxy) is 3. The number of imidazole rings is 2. The first-order chi connectivity index (χ1) is 29.3. The van der Waals surface area contributed by atoms with E-state index >= 15 is 4.39 Å². The molecule has 3 aromatic heterocycles. The van der Waals surface area contributed by atoms with Gasteiger partial charge in [-0.1, -0.05) is 39.8 Å². The number of alkyl carbamates (subject to hydrolysis) is 2. The molecule has 2 saturated heterocycles. The maximum atomic E-state index is 16.7. The molecule has 0 saturated carbocycles. The highest BCUT2D eigenvalue weighted by molar-refractivity contribution is 5.93. The van der Waals surface area contributed by atoms with Crippen molar-refractivity contribution in [3.63, 3.8) is 0 Å². The number of aromatic nitrogens is 5. The number of hydrogen-bond acceptors (Lipinski definition) is 9. The summed E-state index contributed by atoms with van der Waals surface area (Å²) in [6.45, 7) is 10.8. The van der Waals surface area contributed by atoms with Crippen LogP contribution in [0.5, 0.6) is 5.75 Å². The number of rotatable bonds is 11. The first-order valence-corrected chi connectivity index (χ1v) is 20.9. The highest BCUT2D eigenvalue weighted by Crippen LogP contribution is 2.46. The van der Waals surface area contributed by atoms with E-state index < -0.39 is 30.6 Å². The lowest BCUT2D eigenvalue weighted by Crippen LogP contribution is -2.51. The molecule has 0 bridgehead atoms. The predicted octanol–water partition coefficient (Wildman–Crippen LogP) is 7.65. The molecule has 3 amide bonds. The number of halogens is 2. The third-order valence-corrected chi connectivity index (χ3v) is 12.3. The van der Waals surface area contributed by atoms with E-state index in [0.717, 1.165) is 29.7 Å². The molecule has 0 radical (unpaired) electrons. The van der Waals surface area contributed by atoms with Gasteiger partial charge in [0.25, 0.3) is 0 Å². The Balaban J connectivity index is 1.03. The van der Waals surface area contributed by atoms with Crippen LogP contribution in [-0.4, -0.2) is 105 Å². The molecule has 6 heterocycles. The Kier molecular flexibility index (Phi) is 11.5. The number of benzene rings is 2. The summed E-state index contributed by atoms with van der Waals surface area (Å²) >= 11 is 0. The smallest absolute Gasteiger partial charge is 0.407 e. The summed E-state index contributed by atoms with van der Waals surface area (Å²) in [5.74, 6) is 1.13. The van der Waals surface area contributed by atoms with Crippen molar-refractivity contribution in [1.29, 1.82) is 0 Å². The fourth-order valence-corrected chi connectivity index (χ4v) is 9.01. The molecule has 4 N–H and O–H groups in total. The van der Waals surface area contributed by atoms with Gasteiger partial charge in [0.15, 0.2) is 12.0 Å². The Morgan fingerprint density at radius 2 is 1.57 bits per heavy atom. The lowest BCUT2D eigenvalue weighted by Gasteiger charge is -2.30. The number of methoxy groups -OCH3 is 2. The van der Waals surface area contributed by atoms with Crippen molar-refractivity contribution in [3.05, 3.63) is 66.3 Å². The number of carbonyl (C=O) groups is 3. The van der Waals surface area contributed by atoms with Crippen LogP contribution in [-0.2, 0) is 14.3 Å². The van der Waals surface area contributed by atoms with E-state index in [0.29, 0.717) is 58.3 Å². The van der Waals surface area contributed by atoms with E-state index in [1.165, 1.54) is 14.2 Å². The van der Waals surface area contributed by atoms with Crippen LogP contribution in [0.2, 0.25) is 0 Å². The fourth-order valence-electron chi connectivity index (χ4n) is 9.01. The lowest BCUT2D eigenvalue weighted by atomic mass is 10.0. The van der Waals surface area contributed by atoms with Gasteiger partial charge in [-0.15, -0.1) is 0 Å². The van der Waals surface area contributed by atoms with Crippen LogP contribution in [0.4, 0.5) is 18.4 Å². The van der Waals surface area contributed by atoms with Crippen LogP contribution in [0, 0.1) is 17.7 Å². The molecule has 2 fully saturated rings. The van der Waals surface area contributed by atoms with Gasteiger partial charge in [-0.3, -0.25) is 9.69 Å². The van der Waals surface area contributed by atoms with Crippen LogP contribution in [0.25, 0.3) is 44.7 Å². The highest BCUT2D eigenvalue weighted by Gasteiger charge is 2.39. The Hall–Kier alpha value is -5.97. The van der Waals surface area contributed by atoms with Gasteiger partial charge in [-0.2, -0.15) is 0 Å². The summed E-state index contributed by atoms with van der Waals surface area (Å²) < 4.78 is 49.5. The Labute approximate surface area is 352 Å². The minimum atomic E-state index is -1.05. The van der Waals surface area contributed by atoms with E-state index in [4.69, 9.17) is 14.2 Å². The summed E-state index contributed by atoms with van der Waals surface area (Å²) in [4.78, 5) is 57.6. The predicted molar refractivity (Wildman–Crippen MR) is 224 cm³/mol. The molecule has 5 aromatic rings. The fraction of sp³-hybridized carbons (Fsp3) is 0.477. The standard InChI is InChI=1S/C44H53F2N9O6/c1-22(2)32(51-43(57)59-6)21-53-20-27(45)17-35(53)41-48-18-30(50-41)25-11-13-33-29(15-25)37(46)39-28-12-10-26(16-36(28)61-24(5)55(33)39)31-19-47-40(49-31)34-9-8-14-54(34)42(56)38(23(3)4)52-44(58)60-7/h10-13,15-16,18-19,22-24,27,32,34-35,38H,8-9,14,17,20-21H2,1-7H3,(H,47,49)(H,48,50)(H,51,57)(H,52,58). The number of likely N-dealkylation sites (tertiary alicyclic amines) is 2. The van der Waals surface area contributed by atoms with Crippen molar-refractivity contribution in [3.8, 4) is 39.5 Å². The molecule has 0 spiro atoms. The number of aromatic amines is 2. The molecular formula is C44H53F2N9O6. The summed E-state index contributed by atoms with van der Waals surface area (Å²) in [5.41, 5.74) is 4.60. The molecule has 0 aliphatic carbocycles. The topological polar surface area (TPSA) is 172 Å². The second-order valence-corrected chi connectivity index (χ2v) is 16.9. The Morgan fingerprint density at radius 3 is 2.25 bits per heavy atom. The van der Waals surface area contributed by atoms with Crippen molar-refractivity contribution in [2.75, 3.05) is 33.9 Å². The molecule has 61 heavy (non-hydrogen) atoms. The normalized spacial score (nSPS) is 21.0. The monoisotopic (exact) mass is 841 g/mol. The SMILES string of the molecule is COC(=O)NC(CN1CC(F)CC1c1ncc(-c2ccc3c(c2)c(F)c2n3C(C)Oc3cc(-c4cnc(C5CCCN5C(=O)C(NC(=O)OC)C(C)C)[nH]4)ccc3-2)[nH]1)C(C)C. The second-order valence-electron chi connectivity index (χ2n) is 16.9. The zero-order chi connectivity index (χ0) is 43.3. The van der Waals surface area contributed by atoms with Gasteiger partial charge in [-0.05, 0) is 55.9 Å². The van der Waals surface area contributed by atoms with Crippen LogP contribution in [0.15, 0.2) is 48.8 Å². The largest absolute Gasteiger partial charge is 0.470 e. The van der Waals surface area contributed by atoms with Crippen molar-refractivity contribution < 1.29 is 37.4 Å². The van der Waals surface area contributed by atoms with Crippen molar-refractivity contribution in [2.24, 2.45) is 11.8 Å². The van der Waals surface area contributed by atoms with Crippen molar-refractivity contribution >= 4 is 29.0 Å². The molecular weight excluding hydrogens is 789 g/mol. The van der Waals surface area contributed by atoms with E-state index in [1.807, 2.05) is 74.4 Å². The van der Waals surface area contributed by atoms with Gasteiger partial charge in [0.05, 0.1) is 61.3 Å². The van der Waals surface area contributed by atoms with E-state index in [1.54, 1.807) is 23.4 Å². The van der Waals surface area contributed by atoms with Gasteiger partial charge in [-0.25, -0.2) is 28.3 Å². The number of nitrogens with one attached hydrogen (secondary N) is 4.